The number of unbranched alkanes of at least 4 members (excludes halogenated alkanes) is 7. The van der Waals surface area contributed by atoms with E-state index in [0.29, 0.717) is 12.7 Å². The van der Waals surface area contributed by atoms with Gasteiger partial charge in [0.15, 0.2) is 0 Å². The van der Waals surface area contributed by atoms with Crippen LogP contribution in [0.2, 0.25) is 0 Å². The van der Waals surface area contributed by atoms with E-state index in [1.165, 1.54) is 37.0 Å². The molecule has 4 nitrogen and oxygen atoms in total. The lowest BCUT2D eigenvalue weighted by molar-refractivity contribution is -0.150. The van der Waals surface area contributed by atoms with Gasteiger partial charge in [0, 0.05) is 13.1 Å². The zero-order valence-electron chi connectivity index (χ0n) is 18.7. The van der Waals surface area contributed by atoms with E-state index in [2.05, 4.69) is 6.92 Å². The monoisotopic (exact) mass is 459 g/mol. The Balaban J connectivity index is 1.74. The molecule has 1 aliphatic rings. The van der Waals surface area contributed by atoms with Crippen molar-refractivity contribution in [3.63, 3.8) is 0 Å². The van der Waals surface area contributed by atoms with E-state index in [4.69, 9.17) is 4.74 Å². The number of hydrogen-bond acceptors (Lipinski definition) is 3. The van der Waals surface area contributed by atoms with Crippen LogP contribution in [0.1, 0.15) is 87.1 Å². The molecule has 0 spiro atoms. The minimum Gasteiger partial charge on any atom is -0.465 e. The number of likely N-dealkylation sites (tertiary alicyclic amines) is 1. The number of rotatable bonds is 11. The van der Waals surface area contributed by atoms with Gasteiger partial charge in [0.2, 0.25) is 0 Å². The SMILES string of the molecule is CCCCCCCCCCOC(=O)C1CCN(C(=O)c2c(F)cccc2C(F)(F)F)CC1. The lowest BCUT2D eigenvalue weighted by Gasteiger charge is -2.31. The highest BCUT2D eigenvalue weighted by atomic mass is 19.4. The van der Waals surface area contributed by atoms with E-state index in [1.807, 2.05) is 0 Å². The summed E-state index contributed by atoms with van der Waals surface area (Å²) >= 11 is 0. The molecule has 1 saturated heterocycles. The Morgan fingerprint density at radius 1 is 1.00 bits per heavy atom. The highest BCUT2D eigenvalue weighted by Gasteiger charge is 2.39. The van der Waals surface area contributed by atoms with Crippen molar-refractivity contribution in [3.05, 3.63) is 35.1 Å². The second-order valence-corrected chi connectivity index (χ2v) is 8.37. The minimum absolute atomic E-state index is 0.0853. The number of alkyl halides is 3. The quantitative estimate of drug-likeness (QED) is 0.219. The summed E-state index contributed by atoms with van der Waals surface area (Å²) in [7, 11) is 0. The molecule has 0 aliphatic carbocycles. The zero-order valence-corrected chi connectivity index (χ0v) is 18.7. The Labute approximate surface area is 187 Å². The molecule has 0 unspecified atom stereocenters. The molecule has 1 heterocycles. The standard InChI is InChI=1S/C24H33F4NO3/c1-2-3-4-5-6-7-8-9-17-32-23(31)18-13-15-29(16-14-18)22(30)21-19(24(26,27)28)11-10-12-20(21)25/h10-12,18H,2-9,13-17H2,1H3. The van der Waals surface area contributed by atoms with Gasteiger partial charge in [0.25, 0.3) is 5.91 Å². The second-order valence-electron chi connectivity index (χ2n) is 8.37. The summed E-state index contributed by atoms with van der Waals surface area (Å²) in [6.45, 7) is 2.71. The average Bonchev–Trinajstić information content (AvgIpc) is 2.76. The number of hydrogen-bond donors (Lipinski definition) is 0. The van der Waals surface area contributed by atoms with E-state index >= 15 is 0 Å². The lowest BCUT2D eigenvalue weighted by Crippen LogP contribution is -2.41. The van der Waals surface area contributed by atoms with Gasteiger partial charge in [-0.15, -0.1) is 0 Å². The molecule has 0 N–H and O–H groups in total. The Bertz CT molecular complexity index is 743. The molecule has 0 aromatic heterocycles. The van der Waals surface area contributed by atoms with Crippen LogP contribution >= 0.6 is 0 Å². The van der Waals surface area contributed by atoms with E-state index in [-0.39, 0.29) is 31.9 Å². The second kappa shape index (κ2) is 12.8. The number of halogens is 4. The van der Waals surface area contributed by atoms with Gasteiger partial charge < -0.3 is 9.64 Å². The Morgan fingerprint density at radius 3 is 2.19 bits per heavy atom. The first-order chi connectivity index (χ1) is 15.3. The molecule has 1 amide bonds. The van der Waals surface area contributed by atoms with E-state index in [1.54, 1.807) is 0 Å². The number of carbonyl (C=O) groups is 2. The van der Waals surface area contributed by atoms with Crippen molar-refractivity contribution in [2.24, 2.45) is 5.92 Å². The normalized spacial score (nSPS) is 15.1. The number of nitrogens with zero attached hydrogens (tertiary/aromatic N) is 1. The van der Waals surface area contributed by atoms with Crippen molar-refractivity contribution < 1.29 is 31.9 Å². The van der Waals surface area contributed by atoms with Gasteiger partial charge in [-0.25, -0.2) is 4.39 Å². The Morgan fingerprint density at radius 2 is 1.59 bits per heavy atom. The van der Waals surface area contributed by atoms with Crippen molar-refractivity contribution in [3.8, 4) is 0 Å². The predicted octanol–water partition coefficient (Wildman–Crippen LogP) is 6.38. The van der Waals surface area contributed by atoms with Crippen LogP contribution in [0, 0.1) is 11.7 Å². The first-order valence-electron chi connectivity index (χ1n) is 11.6. The maximum Gasteiger partial charge on any atom is 0.417 e. The van der Waals surface area contributed by atoms with Crippen LogP contribution in [-0.2, 0) is 15.7 Å². The van der Waals surface area contributed by atoms with Crippen molar-refractivity contribution in [2.45, 2.75) is 77.3 Å². The number of benzene rings is 1. The fourth-order valence-corrected chi connectivity index (χ4v) is 3.98. The molecule has 2 rings (SSSR count). The van der Waals surface area contributed by atoms with Gasteiger partial charge >= 0.3 is 12.1 Å². The van der Waals surface area contributed by atoms with Gasteiger partial charge in [0.1, 0.15) is 5.82 Å². The van der Waals surface area contributed by atoms with Gasteiger partial charge in [0.05, 0.1) is 23.7 Å². The van der Waals surface area contributed by atoms with Crippen LogP contribution in [0.4, 0.5) is 17.6 Å². The molecule has 1 aromatic rings. The molecular formula is C24H33F4NO3. The molecule has 1 aliphatic heterocycles. The van der Waals surface area contributed by atoms with Gasteiger partial charge in [-0.2, -0.15) is 13.2 Å². The summed E-state index contributed by atoms with van der Waals surface area (Å²) in [5.74, 6) is -2.92. The fraction of sp³-hybridized carbons (Fsp3) is 0.667. The smallest absolute Gasteiger partial charge is 0.417 e. The average molecular weight is 460 g/mol. The molecule has 0 saturated carbocycles. The third-order valence-corrected chi connectivity index (χ3v) is 5.89. The molecule has 32 heavy (non-hydrogen) atoms. The minimum atomic E-state index is -4.83. The third kappa shape index (κ3) is 7.78. The van der Waals surface area contributed by atoms with Gasteiger partial charge in [-0.1, -0.05) is 57.9 Å². The summed E-state index contributed by atoms with van der Waals surface area (Å²) in [5, 5.41) is 0. The van der Waals surface area contributed by atoms with Crippen LogP contribution in [0.15, 0.2) is 18.2 Å². The summed E-state index contributed by atoms with van der Waals surface area (Å²) in [6.07, 6.45) is 4.88. The Hall–Kier alpha value is -2.12. The molecule has 180 valence electrons. The largest absolute Gasteiger partial charge is 0.465 e. The maximum atomic E-state index is 14.1. The Kier molecular flexibility index (Phi) is 10.5. The number of piperidine rings is 1. The van der Waals surface area contributed by atoms with Crippen molar-refractivity contribution in [1.29, 1.82) is 0 Å². The highest BCUT2D eigenvalue weighted by Crippen LogP contribution is 2.34. The van der Waals surface area contributed by atoms with Gasteiger partial charge in [-0.05, 0) is 31.4 Å². The van der Waals surface area contributed by atoms with Crippen LogP contribution in [0.3, 0.4) is 0 Å². The molecule has 0 radical (unpaired) electrons. The third-order valence-electron chi connectivity index (χ3n) is 5.89. The molecule has 8 heteroatoms. The van der Waals surface area contributed by atoms with Crippen LogP contribution in [-0.4, -0.2) is 36.5 Å². The van der Waals surface area contributed by atoms with E-state index in [0.717, 1.165) is 31.4 Å². The summed E-state index contributed by atoms with van der Waals surface area (Å²) in [5.41, 5.74) is -2.25. The number of ether oxygens (including phenoxy) is 1. The molecule has 1 fully saturated rings. The summed E-state index contributed by atoms with van der Waals surface area (Å²) in [6, 6.07) is 2.48. The van der Waals surface area contributed by atoms with Crippen LogP contribution < -0.4 is 0 Å². The maximum absolute atomic E-state index is 14.1. The van der Waals surface area contributed by atoms with Crippen LogP contribution in [0.25, 0.3) is 0 Å². The molecule has 0 atom stereocenters. The first kappa shape index (κ1) is 26.1. The first-order valence-corrected chi connectivity index (χ1v) is 11.6. The van der Waals surface area contributed by atoms with E-state index < -0.39 is 34.9 Å². The number of carbonyl (C=O) groups excluding carboxylic acids is 2. The number of amides is 1. The summed E-state index contributed by atoms with van der Waals surface area (Å²) in [4.78, 5) is 26.0. The summed E-state index contributed by atoms with van der Waals surface area (Å²) < 4.78 is 59.0. The zero-order chi connectivity index (χ0) is 23.6. The fourth-order valence-electron chi connectivity index (χ4n) is 3.98. The highest BCUT2D eigenvalue weighted by molar-refractivity contribution is 5.96. The van der Waals surface area contributed by atoms with E-state index in [9.17, 15) is 27.2 Å². The van der Waals surface area contributed by atoms with Gasteiger partial charge in [-0.3, -0.25) is 9.59 Å². The van der Waals surface area contributed by atoms with Crippen LogP contribution in [0.5, 0.6) is 0 Å². The topological polar surface area (TPSA) is 46.6 Å². The van der Waals surface area contributed by atoms with Crippen molar-refractivity contribution in [1.82, 2.24) is 4.90 Å². The molecular weight excluding hydrogens is 426 g/mol. The predicted molar refractivity (Wildman–Crippen MR) is 114 cm³/mol. The number of esters is 1. The van der Waals surface area contributed by atoms with Crippen molar-refractivity contribution >= 4 is 11.9 Å². The lowest BCUT2D eigenvalue weighted by atomic mass is 9.95. The molecule has 0 bridgehead atoms. The van der Waals surface area contributed by atoms with Crippen molar-refractivity contribution in [2.75, 3.05) is 19.7 Å². The molecule has 1 aromatic carbocycles.